The maximum atomic E-state index is 12.0. The molecule has 0 amide bonds. The molecular formula is C17H24O4. The van der Waals surface area contributed by atoms with Crippen molar-refractivity contribution >= 4 is 11.9 Å². The molecule has 0 aliphatic heterocycles. The minimum absolute atomic E-state index is 0.392. The van der Waals surface area contributed by atoms with Gasteiger partial charge in [0, 0.05) is 13.8 Å². The Labute approximate surface area is 126 Å². The topological polar surface area (TPSA) is 52.6 Å². The lowest BCUT2D eigenvalue weighted by Crippen LogP contribution is -2.23. The van der Waals surface area contributed by atoms with Crippen LogP contribution in [0.4, 0.5) is 0 Å². The third kappa shape index (κ3) is 5.98. The first-order chi connectivity index (χ1) is 9.79. The van der Waals surface area contributed by atoms with Crippen LogP contribution in [0.1, 0.15) is 51.7 Å². The SMILES string of the molecule is CC(=O)O[C@H](C)OC(=O)[C@H](C)c1ccc(CC(C)C)cc1. The fourth-order valence-corrected chi connectivity index (χ4v) is 2.07. The molecule has 4 nitrogen and oxygen atoms in total. The van der Waals surface area contributed by atoms with E-state index in [-0.39, 0.29) is 0 Å². The Morgan fingerprint density at radius 3 is 2.05 bits per heavy atom. The largest absolute Gasteiger partial charge is 0.426 e. The van der Waals surface area contributed by atoms with Crippen molar-refractivity contribution in [3.05, 3.63) is 35.4 Å². The Balaban J connectivity index is 2.63. The van der Waals surface area contributed by atoms with Crippen molar-refractivity contribution in [2.45, 2.75) is 53.2 Å². The molecule has 0 fully saturated rings. The first-order valence-electron chi connectivity index (χ1n) is 7.26. The molecule has 0 bridgehead atoms. The van der Waals surface area contributed by atoms with Crippen molar-refractivity contribution < 1.29 is 19.1 Å². The lowest BCUT2D eigenvalue weighted by Gasteiger charge is -2.17. The molecule has 1 aromatic carbocycles. The Morgan fingerprint density at radius 1 is 1.00 bits per heavy atom. The van der Waals surface area contributed by atoms with Crippen LogP contribution < -0.4 is 0 Å². The van der Waals surface area contributed by atoms with Gasteiger partial charge < -0.3 is 9.47 Å². The van der Waals surface area contributed by atoms with Crippen LogP contribution >= 0.6 is 0 Å². The molecule has 21 heavy (non-hydrogen) atoms. The third-order valence-electron chi connectivity index (χ3n) is 3.09. The average Bonchev–Trinajstić information content (AvgIpc) is 2.36. The van der Waals surface area contributed by atoms with Crippen LogP contribution in [0.25, 0.3) is 0 Å². The van der Waals surface area contributed by atoms with E-state index in [1.54, 1.807) is 6.92 Å². The molecule has 0 heterocycles. The van der Waals surface area contributed by atoms with Crippen LogP contribution in [0.15, 0.2) is 24.3 Å². The fourth-order valence-electron chi connectivity index (χ4n) is 2.07. The second-order valence-electron chi connectivity index (χ2n) is 5.68. The standard InChI is InChI=1S/C17H24O4/c1-11(2)10-15-6-8-16(9-7-15)12(3)17(19)21-14(5)20-13(4)18/h6-9,11-12,14H,10H2,1-5H3/t12-,14+/m1/s1. The number of carbonyl (C=O) groups is 2. The summed E-state index contributed by atoms with van der Waals surface area (Å²) in [6.07, 6.45) is 0.153. The highest BCUT2D eigenvalue weighted by molar-refractivity contribution is 5.78. The molecule has 2 atom stereocenters. The summed E-state index contributed by atoms with van der Waals surface area (Å²) < 4.78 is 9.88. The van der Waals surface area contributed by atoms with Crippen LogP contribution in [-0.4, -0.2) is 18.2 Å². The highest BCUT2D eigenvalue weighted by atomic mass is 16.7. The van der Waals surface area contributed by atoms with Crippen LogP contribution in [0.3, 0.4) is 0 Å². The van der Waals surface area contributed by atoms with Gasteiger partial charge in [-0.05, 0) is 30.4 Å². The van der Waals surface area contributed by atoms with E-state index < -0.39 is 24.1 Å². The van der Waals surface area contributed by atoms with Gasteiger partial charge in [-0.15, -0.1) is 0 Å². The van der Waals surface area contributed by atoms with E-state index in [1.165, 1.54) is 19.4 Å². The number of ether oxygens (including phenoxy) is 2. The van der Waals surface area contributed by atoms with Gasteiger partial charge in [-0.25, -0.2) is 0 Å². The van der Waals surface area contributed by atoms with Gasteiger partial charge in [0.15, 0.2) is 0 Å². The van der Waals surface area contributed by atoms with Gasteiger partial charge in [-0.2, -0.15) is 0 Å². The first kappa shape index (κ1) is 17.2. The zero-order valence-corrected chi connectivity index (χ0v) is 13.4. The molecule has 116 valence electrons. The van der Waals surface area contributed by atoms with Crippen LogP contribution in [0.2, 0.25) is 0 Å². The van der Waals surface area contributed by atoms with Gasteiger partial charge in [-0.3, -0.25) is 9.59 Å². The van der Waals surface area contributed by atoms with Gasteiger partial charge in [0.2, 0.25) is 6.29 Å². The number of hydrogen-bond donors (Lipinski definition) is 0. The normalized spacial score (nSPS) is 13.6. The molecule has 0 radical (unpaired) electrons. The van der Waals surface area contributed by atoms with Crippen LogP contribution in [0.5, 0.6) is 0 Å². The van der Waals surface area contributed by atoms with E-state index in [4.69, 9.17) is 9.47 Å². The summed E-state index contributed by atoms with van der Waals surface area (Å²) >= 11 is 0. The van der Waals surface area contributed by atoms with Crippen molar-refractivity contribution in [1.29, 1.82) is 0 Å². The molecule has 0 spiro atoms. The second kappa shape index (κ2) is 7.81. The molecular weight excluding hydrogens is 268 g/mol. The van der Waals surface area contributed by atoms with Crippen molar-refractivity contribution in [2.24, 2.45) is 5.92 Å². The fraction of sp³-hybridized carbons (Fsp3) is 0.529. The lowest BCUT2D eigenvalue weighted by atomic mass is 9.97. The summed E-state index contributed by atoms with van der Waals surface area (Å²) in [7, 11) is 0. The minimum Gasteiger partial charge on any atom is -0.426 e. The highest BCUT2D eigenvalue weighted by Crippen LogP contribution is 2.19. The predicted molar refractivity (Wildman–Crippen MR) is 80.7 cm³/mol. The van der Waals surface area contributed by atoms with Crippen LogP contribution in [-0.2, 0) is 25.5 Å². The molecule has 0 aromatic heterocycles. The smallest absolute Gasteiger partial charge is 0.316 e. The van der Waals surface area contributed by atoms with E-state index in [0.29, 0.717) is 5.92 Å². The minimum atomic E-state index is -0.863. The molecule has 0 N–H and O–H groups in total. The summed E-state index contributed by atoms with van der Waals surface area (Å²) in [5, 5.41) is 0. The van der Waals surface area contributed by atoms with E-state index in [1.807, 2.05) is 24.3 Å². The molecule has 1 rings (SSSR count). The number of carbonyl (C=O) groups excluding carboxylic acids is 2. The van der Waals surface area contributed by atoms with Crippen molar-refractivity contribution in [3.63, 3.8) is 0 Å². The van der Waals surface area contributed by atoms with Crippen molar-refractivity contribution in [1.82, 2.24) is 0 Å². The second-order valence-corrected chi connectivity index (χ2v) is 5.68. The number of esters is 2. The van der Waals surface area contributed by atoms with E-state index in [2.05, 4.69) is 13.8 Å². The van der Waals surface area contributed by atoms with Crippen molar-refractivity contribution in [3.8, 4) is 0 Å². The van der Waals surface area contributed by atoms with E-state index in [0.717, 1.165) is 12.0 Å². The number of benzene rings is 1. The maximum absolute atomic E-state index is 12.0. The zero-order chi connectivity index (χ0) is 16.0. The molecule has 0 saturated heterocycles. The molecule has 0 saturated carbocycles. The van der Waals surface area contributed by atoms with Gasteiger partial charge in [0.05, 0.1) is 5.92 Å². The Hall–Kier alpha value is -1.84. The lowest BCUT2D eigenvalue weighted by molar-refractivity contribution is -0.183. The predicted octanol–water partition coefficient (Wildman–Crippen LogP) is 3.44. The quantitative estimate of drug-likeness (QED) is 0.595. The zero-order valence-electron chi connectivity index (χ0n) is 13.4. The van der Waals surface area contributed by atoms with Gasteiger partial charge >= 0.3 is 11.9 Å². The summed E-state index contributed by atoms with van der Waals surface area (Å²) in [6, 6.07) is 7.96. The average molecular weight is 292 g/mol. The third-order valence-corrected chi connectivity index (χ3v) is 3.09. The summed E-state index contributed by atoms with van der Waals surface area (Å²) in [5.41, 5.74) is 2.14. The van der Waals surface area contributed by atoms with E-state index in [9.17, 15) is 9.59 Å². The highest BCUT2D eigenvalue weighted by Gasteiger charge is 2.20. The van der Waals surface area contributed by atoms with Crippen molar-refractivity contribution in [2.75, 3.05) is 0 Å². The molecule has 0 aliphatic rings. The van der Waals surface area contributed by atoms with Crippen LogP contribution in [0, 0.1) is 5.92 Å². The maximum Gasteiger partial charge on any atom is 0.316 e. The van der Waals surface area contributed by atoms with Gasteiger partial charge in [0.25, 0.3) is 0 Å². The summed E-state index contributed by atoms with van der Waals surface area (Å²) in [6.45, 7) is 8.92. The molecule has 0 unspecified atom stereocenters. The van der Waals surface area contributed by atoms with Gasteiger partial charge in [0.1, 0.15) is 0 Å². The Morgan fingerprint density at radius 2 is 1.57 bits per heavy atom. The summed E-state index contributed by atoms with van der Waals surface area (Å²) in [4.78, 5) is 22.8. The number of rotatable bonds is 6. The monoisotopic (exact) mass is 292 g/mol. The van der Waals surface area contributed by atoms with E-state index >= 15 is 0 Å². The summed E-state index contributed by atoms with van der Waals surface area (Å²) in [5.74, 6) is -0.666. The molecule has 4 heteroatoms. The number of hydrogen-bond acceptors (Lipinski definition) is 4. The molecule has 1 aromatic rings. The first-order valence-corrected chi connectivity index (χ1v) is 7.26. The Bertz CT molecular complexity index is 476. The Kier molecular flexibility index (Phi) is 6.40. The molecule has 0 aliphatic carbocycles. The van der Waals surface area contributed by atoms with Gasteiger partial charge in [-0.1, -0.05) is 38.1 Å².